The highest BCUT2D eigenvalue weighted by atomic mass is 16.5. The molecular formula is C28H28N2O6. The van der Waals surface area contributed by atoms with Crippen molar-refractivity contribution < 1.29 is 29.0 Å². The quantitative estimate of drug-likeness (QED) is 0.399. The molecule has 0 spiro atoms. The number of carbonyl (C=O) groups is 3. The predicted octanol–water partition coefficient (Wildman–Crippen LogP) is 3.13. The largest absolute Gasteiger partial charge is 0.467 e. The maximum absolute atomic E-state index is 12.8. The Labute approximate surface area is 209 Å². The Morgan fingerprint density at radius 3 is 2.08 bits per heavy atom. The Balaban J connectivity index is 1.37. The highest BCUT2D eigenvalue weighted by Crippen LogP contribution is 2.46. The van der Waals surface area contributed by atoms with Crippen molar-refractivity contribution in [2.75, 3.05) is 13.7 Å². The molecule has 3 aromatic rings. The number of hydrogen-bond donors (Lipinski definition) is 3. The number of rotatable bonds is 9. The molecule has 0 heterocycles. The molecule has 0 radical (unpaired) electrons. The summed E-state index contributed by atoms with van der Waals surface area (Å²) in [5, 5.41) is 15.5. The lowest BCUT2D eigenvalue weighted by Crippen LogP contribution is -2.47. The first-order valence-electron chi connectivity index (χ1n) is 11.7. The van der Waals surface area contributed by atoms with Crippen LogP contribution in [0.25, 0.3) is 11.1 Å². The van der Waals surface area contributed by atoms with Crippen LogP contribution in [0.4, 0.5) is 4.79 Å². The number of benzene rings is 3. The topological polar surface area (TPSA) is 114 Å². The third-order valence-electron chi connectivity index (χ3n) is 6.10. The Hall–Kier alpha value is -4.17. The Morgan fingerprint density at radius 2 is 1.47 bits per heavy atom. The highest BCUT2D eigenvalue weighted by Gasteiger charge is 2.39. The van der Waals surface area contributed by atoms with E-state index >= 15 is 0 Å². The van der Waals surface area contributed by atoms with Gasteiger partial charge in [0.25, 0.3) is 0 Å². The SMILES string of the molecule is COC(=O)[C@H](NC(=O)C[C@@H](O)CNC(=O)OCc1ccccc1)C1c2ccccc2-c2ccccc21. The smallest absolute Gasteiger partial charge is 0.407 e. The minimum absolute atomic E-state index is 0.0917. The van der Waals surface area contributed by atoms with E-state index in [0.717, 1.165) is 27.8 Å². The molecule has 0 aromatic heterocycles. The van der Waals surface area contributed by atoms with Crippen molar-refractivity contribution in [3.63, 3.8) is 0 Å². The zero-order chi connectivity index (χ0) is 25.5. The van der Waals surface area contributed by atoms with E-state index in [1.165, 1.54) is 7.11 Å². The number of hydrogen-bond acceptors (Lipinski definition) is 6. The summed E-state index contributed by atoms with van der Waals surface area (Å²) >= 11 is 0. The molecule has 4 rings (SSSR count). The predicted molar refractivity (Wildman–Crippen MR) is 133 cm³/mol. The molecule has 186 valence electrons. The van der Waals surface area contributed by atoms with Gasteiger partial charge in [0.05, 0.1) is 19.6 Å². The van der Waals surface area contributed by atoms with Gasteiger partial charge in [0, 0.05) is 12.5 Å². The van der Waals surface area contributed by atoms with E-state index in [1.807, 2.05) is 78.9 Å². The van der Waals surface area contributed by atoms with Gasteiger partial charge >= 0.3 is 12.1 Å². The minimum atomic E-state index is -1.17. The third-order valence-corrected chi connectivity index (χ3v) is 6.10. The van der Waals surface area contributed by atoms with Crippen molar-refractivity contribution in [2.45, 2.75) is 31.1 Å². The van der Waals surface area contributed by atoms with E-state index in [9.17, 15) is 19.5 Å². The number of amides is 2. The van der Waals surface area contributed by atoms with E-state index in [2.05, 4.69) is 10.6 Å². The monoisotopic (exact) mass is 488 g/mol. The zero-order valence-corrected chi connectivity index (χ0v) is 19.8. The van der Waals surface area contributed by atoms with Crippen molar-refractivity contribution >= 4 is 18.0 Å². The molecule has 1 aliphatic rings. The summed E-state index contributed by atoms with van der Waals surface area (Å²) in [6.45, 7) is -0.0899. The molecule has 2 atom stereocenters. The highest BCUT2D eigenvalue weighted by molar-refractivity contribution is 5.89. The number of carbonyl (C=O) groups excluding carboxylic acids is 3. The number of methoxy groups -OCH3 is 1. The van der Waals surface area contributed by atoms with E-state index in [-0.39, 0.29) is 19.6 Å². The number of alkyl carbamates (subject to hydrolysis) is 1. The maximum atomic E-state index is 12.8. The summed E-state index contributed by atoms with van der Waals surface area (Å²) in [4.78, 5) is 37.5. The Bertz CT molecular complexity index is 1180. The first-order valence-corrected chi connectivity index (χ1v) is 11.7. The summed E-state index contributed by atoms with van der Waals surface area (Å²) < 4.78 is 10.1. The lowest BCUT2D eigenvalue weighted by Gasteiger charge is -2.25. The van der Waals surface area contributed by atoms with Gasteiger partial charge in [-0.25, -0.2) is 9.59 Å². The van der Waals surface area contributed by atoms with Crippen LogP contribution in [0.5, 0.6) is 0 Å². The normalized spacial score (nSPS) is 13.6. The van der Waals surface area contributed by atoms with Crippen LogP contribution in [0.15, 0.2) is 78.9 Å². The minimum Gasteiger partial charge on any atom is -0.467 e. The standard InChI is InChI=1S/C28H28N2O6/c1-35-27(33)26(25-22-13-7-5-11-20(22)21-12-6-8-14-23(21)25)30-24(32)15-19(31)16-29-28(34)36-17-18-9-3-2-4-10-18/h2-14,19,25-26,31H,15-17H2,1H3,(H,29,34)(H,30,32)/t19-,26-/m1/s1. The number of nitrogens with one attached hydrogen (secondary N) is 2. The van der Waals surface area contributed by atoms with Crippen LogP contribution < -0.4 is 10.6 Å². The number of ether oxygens (including phenoxy) is 2. The molecule has 0 saturated heterocycles. The molecule has 0 saturated carbocycles. The van der Waals surface area contributed by atoms with E-state index in [0.29, 0.717) is 0 Å². The molecule has 0 fully saturated rings. The van der Waals surface area contributed by atoms with E-state index < -0.39 is 36.0 Å². The molecule has 0 bridgehead atoms. The second-order valence-electron chi connectivity index (χ2n) is 8.52. The van der Waals surface area contributed by atoms with Gasteiger partial charge in [0.2, 0.25) is 5.91 Å². The van der Waals surface area contributed by atoms with Gasteiger partial charge in [-0.3, -0.25) is 4.79 Å². The summed E-state index contributed by atoms with van der Waals surface area (Å²) in [6, 6.07) is 23.7. The molecule has 2 amide bonds. The lowest BCUT2D eigenvalue weighted by molar-refractivity contribution is -0.145. The molecule has 1 aliphatic carbocycles. The molecule has 8 nitrogen and oxygen atoms in total. The summed E-state index contributed by atoms with van der Waals surface area (Å²) in [5.41, 5.74) is 4.66. The van der Waals surface area contributed by atoms with Crippen molar-refractivity contribution in [3.8, 4) is 11.1 Å². The van der Waals surface area contributed by atoms with Crippen molar-refractivity contribution in [3.05, 3.63) is 95.6 Å². The Kier molecular flexibility index (Phi) is 7.97. The molecule has 3 N–H and O–H groups in total. The summed E-state index contributed by atoms with van der Waals surface area (Å²) in [5.74, 6) is -1.56. The lowest BCUT2D eigenvalue weighted by atomic mass is 9.89. The Morgan fingerprint density at radius 1 is 0.889 bits per heavy atom. The van der Waals surface area contributed by atoms with Crippen LogP contribution in [-0.4, -0.2) is 48.9 Å². The third kappa shape index (κ3) is 5.72. The van der Waals surface area contributed by atoms with Gasteiger partial charge in [-0.1, -0.05) is 78.9 Å². The fraction of sp³-hybridized carbons (Fsp3) is 0.250. The molecule has 36 heavy (non-hydrogen) atoms. The molecule has 0 unspecified atom stereocenters. The van der Waals surface area contributed by atoms with Crippen LogP contribution >= 0.6 is 0 Å². The average molecular weight is 489 g/mol. The number of aliphatic hydroxyl groups is 1. The van der Waals surface area contributed by atoms with Crippen molar-refractivity contribution in [1.29, 1.82) is 0 Å². The molecule has 8 heteroatoms. The van der Waals surface area contributed by atoms with Gasteiger partial charge in [-0.15, -0.1) is 0 Å². The second kappa shape index (κ2) is 11.5. The number of esters is 1. The van der Waals surface area contributed by atoms with Crippen molar-refractivity contribution in [2.24, 2.45) is 0 Å². The van der Waals surface area contributed by atoms with Crippen LogP contribution in [0.3, 0.4) is 0 Å². The fourth-order valence-electron chi connectivity index (χ4n) is 4.45. The summed E-state index contributed by atoms with van der Waals surface area (Å²) in [6.07, 6.45) is -2.19. The number of fused-ring (bicyclic) bond motifs is 3. The molecule has 0 aliphatic heterocycles. The maximum Gasteiger partial charge on any atom is 0.407 e. The van der Waals surface area contributed by atoms with Gasteiger partial charge in [-0.05, 0) is 27.8 Å². The van der Waals surface area contributed by atoms with Gasteiger partial charge in [0.15, 0.2) is 0 Å². The van der Waals surface area contributed by atoms with Gasteiger partial charge in [0.1, 0.15) is 12.6 Å². The van der Waals surface area contributed by atoms with Crippen LogP contribution in [-0.2, 0) is 25.7 Å². The average Bonchev–Trinajstić information content (AvgIpc) is 3.24. The number of aliphatic hydroxyl groups excluding tert-OH is 1. The van der Waals surface area contributed by atoms with Crippen molar-refractivity contribution in [1.82, 2.24) is 10.6 Å². The molecular weight excluding hydrogens is 460 g/mol. The van der Waals surface area contributed by atoms with Crippen LogP contribution in [0.1, 0.15) is 29.0 Å². The first-order chi connectivity index (χ1) is 17.5. The van der Waals surface area contributed by atoms with Gasteiger partial charge < -0.3 is 25.2 Å². The fourth-order valence-corrected chi connectivity index (χ4v) is 4.45. The van der Waals surface area contributed by atoms with E-state index in [4.69, 9.17) is 9.47 Å². The van der Waals surface area contributed by atoms with Crippen LogP contribution in [0.2, 0.25) is 0 Å². The first kappa shape index (κ1) is 24.9. The molecule has 3 aromatic carbocycles. The summed E-state index contributed by atoms with van der Waals surface area (Å²) in [7, 11) is 1.27. The zero-order valence-electron chi connectivity index (χ0n) is 19.8. The van der Waals surface area contributed by atoms with Crippen LogP contribution in [0, 0.1) is 0 Å². The van der Waals surface area contributed by atoms with Gasteiger partial charge in [-0.2, -0.15) is 0 Å². The second-order valence-corrected chi connectivity index (χ2v) is 8.52. The van der Waals surface area contributed by atoms with E-state index in [1.54, 1.807) is 0 Å².